The first kappa shape index (κ1) is 14.6. The average Bonchev–Trinajstić information content (AvgIpc) is 2.37. The Morgan fingerprint density at radius 3 is 2.74 bits per heavy atom. The highest BCUT2D eigenvalue weighted by Gasteiger charge is 2.21. The molecule has 0 fully saturated rings. The van der Waals surface area contributed by atoms with Crippen molar-refractivity contribution >= 4 is 11.7 Å². The molecule has 1 aromatic rings. The fraction of sp³-hybridized carbons (Fsp3) is 0.333. The van der Waals surface area contributed by atoms with Gasteiger partial charge in [0.05, 0.1) is 24.6 Å². The smallest absolute Gasteiger partial charge is 0.310 e. The molecule has 0 aliphatic carbocycles. The highest BCUT2D eigenvalue weighted by molar-refractivity contribution is 5.75. The standard InChI is InChI=1S/C12H12N2O5/c1-2-19-12(16)5-9-3-8(7-15)4-11(14(17)18)10(9)6-13/h3-4,15H,2,5,7H2,1H3. The van der Waals surface area contributed by atoms with E-state index in [2.05, 4.69) is 0 Å². The average molecular weight is 264 g/mol. The molecule has 0 aliphatic heterocycles. The molecule has 7 nitrogen and oxygen atoms in total. The minimum Gasteiger partial charge on any atom is -0.466 e. The molecule has 1 N–H and O–H groups in total. The Morgan fingerprint density at radius 2 is 2.26 bits per heavy atom. The monoisotopic (exact) mass is 264 g/mol. The molecule has 0 radical (unpaired) electrons. The molecule has 0 atom stereocenters. The first-order chi connectivity index (χ1) is 9.03. The van der Waals surface area contributed by atoms with Crippen molar-refractivity contribution in [1.82, 2.24) is 0 Å². The van der Waals surface area contributed by atoms with Gasteiger partial charge in [0.2, 0.25) is 0 Å². The molecule has 0 saturated carbocycles. The highest BCUT2D eigenvalue weighted by atomic mass is 16.6. The van der Waals surface area contributed by atoms with E-state index in [1.54, 1.807) is 13.0 Å². The first-order valence-corrected chi connectivity index (χ1v) is 5.50. The van der Waals surface area contributed by atoms with Gasteiger partial charge < -0.3 is 9.84 Å². The Labute approximate surface area is 109 Å². The van der Waals surface area contributed by atoms with E-state index in [4.69, 9.17) is 15.1 Å². The van der Waals surface area contributed by atoms with E-state index in [0.717, 1.165) is 6.07 Å². The van der Waals surface area contributed by atoms with E-state index in [1.165, 1.54) is 6.07 Å². The summed E-state index contributed by atoms with van der Waals surface area (Å²) in [7, 11) is 0. The minimum atomic E-state index is -0.716. The zero-order valence-electron chi connectivity index (χ0n) is 10.3. The van der Waals surface area contributed by atoms with Crippen molar-refractivity contribution in [1.29, 1.82) is 5.26 Å². The maximum atomic E-state index is 11.4. The number of hydrogen-bond donors (Lipinski definition) is 1. The lowest BCUT2D eigenvalue weighted by atomic mass is 10.00. The number of hydrogen-bond acceptors (Lipinski definition) is 6. The van der Waals surface area contributed by atoms with E-state index >= 15 is 0 Å². The lowest BCUT2D eigenvalue weighted by Crippen LogP contribution is -2.10. The van der Waals surface area contributed by atoms with E-state index < -0.39 is 23.2 Å². The number of ether oxygens (including phenoxy) is 1. The zero-order valence-corrected chi connectivity index (χ0v) is 10.3. The summed E-state index contributed by atoms with van der Waals surface area (Å²) >= 11 is 0. The highest BCUT2D eigenvalue weighted by Crippen LogP contribution is 2.25. The van der Waals surface area contributed by atoms with E-state index in [0.29, 0.717) is 0 Å². The Morgan fingerprint density at radius 1 is 1.58 bits per heavy atom. The van der Waals surface area contributed by atoms with Gasteiger partial charge in [0, 0.05) is 6.07 Å². The number of nitrogens with zero attached hydrogens (tertiary/aromatic N) is 2. The van der Waals surface area contributed by atoms with Crippen LogP contribution in [0, 0.1) is 21.4 Å². The molecule has 0 spiro atoms. The predicted molar refractivity (Wildman–Crippen MR) is 64.1 cm³/mol. The lowest BCUT2D eigenvalue weighted by molar-refractivity contribution is -0.385. The van der Waals surface area contributed by atoms with Crippen LogP contribution in [-0.4, -0.2) is 22.6 Å². The van der Waals surface area contributed by atoms with E-state index in [-0.39, 0.29) is 29.7 Å². The van der Waals surface area contributed by atoms with Gasteiger partial charge in [0.25, 0.3) is 5.69 Å². The number of nitriles is 1. The van der Waals surface area contributed by atoms with Crippen LogP contribution in [0.2, 0.25) is 0 Å². The molecule has 0 bridgehead atoms. The normalized spacial score (nSPS) is 9.74. The van der Waals surface area contributed by atoms with Crippen molar-refractivity contribution in [3.05, 3.63) is 38.9 Å². The van der Waals surface area contributed by atoms with Crippen molar-refractivity contribution in [2.24, 2.45) is 0 Å². The van der Waals surface area contributed by atoms with Gasteiger partial charge >= 0.3 is 5.97 Å². The number of nitro benzene ring substituents is 1. The van der Waals surface area contributed by atoms with Gasteiger partial charge in [-0.25, -0.2) is 0 Å². The summed E-state index contributed by atoms with van der Waals surface area (Å²) in [4.78, 5) is 21.6. The molecule has 0 heterocycles. The third-order valence-electron chi connectivity index (χ3n) is 2.39. The van der Waals surface area contributed by atoms with Gasteiger partial charge in [-0.1, -0.05) is 6.07 Å². The Kier molecular flexibility index (Phi) is 4.97. The van der Waals surface area contributed by atoms with Crippen LogP contribution in [0.5, 0.6) is 0 Å². The predicted octanol–water partition coefficient (Wildman–Crippen LogP) is 1.06. The van der Waals surface area contributed by atoms with Gasteiger partial charge in [-0.05, 0) is 18.1 Å². The second kappa shape index (κ2) is 6.47. The number of carbonyl (C=O) groups is 1. The molecule has 0 aromatic heterocycles. The Bertz CT molecular complexity index is 548. The van der Waals surface area contributed by atoms with Gasteiger partial charge in [0.15, 0.2) is 0 Å². The number of esters is 1. The molecular weight excluding hydrogens is 252 g/mol. The lowest BCUT2D eigenvalue weighted by Gasteiger charge is -2.07. The van der Waals surface area contributed by atoms with Crippen LogP contribution in [0.4, 0.5) is 5.69 Å². The van der Waals surface area contributed by atoms with Crippen LogP contribution in [-0.2, 0) is 22.6 Å². The van der Waals surface area contributed by atoms with E-state index in [9.17, 15) is 14.9 Å². The minimum absolute atomic E-state index is 0.180. The number of nitro groups is 1. The number of rotatable bonds is 5. The summed E-state index contributed by atoms with van der Waals surface area (Å²) in [5, 5.41) is 28.9. The first-order valence-electron chi connectivity index (χ1n) is 5.50. The van der Waals surface area contributed by atoms with Crippen LogP contribution in [0.3, 0.4) is 0 Å². The fourth-order valence-corrected chi connectivity index (χ4v) is 1.62. The van der Waals surface area contributed by atoms with Gasteiger partial charge in [-0.3, -0.25) is 14.9 Å². The second-order valence-corrected chi connectivity index (χ2v) is 3.66. The molecule has 1 rings (SSSR count). The third-order valence-corrected chi connectivity index (χ3v) is 2.39. The second-order valence-electron chi connectivity index (χ2n) is 3.66. The summed E-state index contributed by atoms with van der Waals surface area (Å²) in [6, 6.07) is 4.22. The number of carbonyl (C=O) groups excluding carboxylic acids is 1. The van der Waals surface area contributed by atoms with Crippen molar-refractivity contribution in [3.63, 3.8) is 0 Å². The van der Waals surface area contributed by atoms with Crippen molar-refractivity contribution in [2.75, 3.05) is 6.61 Å². The molecule has 19 heavy (non-hydrogen) atoms. The molecule has 1 aromatic carbocycles. The molecule has 100 valence electrons. The van der Waals surface area contributed by atoms with Crippen LogP contribution >= 0.6 is 0 Å². The van der Waals surface area contributed by atoms with Crippen LogP contribution < -0.4 is 0 Å². The van der Waals surface area contributed by atoms with Gasteiger partial charge in [-0.2, -0.15) is 5.26 Å². The molecular formula is C12H12N2O5. The topological polar surface area (TPSA) is 113 Å². The van der Waals surface area contributed by atoms with Gasteiger partial charge in [0.1, 0.15) is 11.6 Å². The largest absolute Gasteiger partial charge is 0.466 e. The van der Waals surface area contributed by atoms with Crippen molar-refractivity contribution in [2.45, 2.75) is 20.0 Å². The van der Waals surface area contributed by atoms with Crippen LogP contribution in [0.1, 0.15) is 23.6 Å². The van der Waals surface area contributed by atoms with Crippen LogP contribution in [0.25, 0.3) is 0 Å². The maximum Gasteiger partial charge on any atom is 0.310 e. The molecule has 0 aliphatic rings. The summed E-state index contributed by atoms with van der Waals surface area (Å²) in [6.07, 6.45) is -0.245. The van der Waals surface area contributed by atoms with Crippen molar-refractivity contribution in [3.8, 4) is 6.07 Å². The third kappa shape index (κ3) is 3.50. The Hall–Kier alpha value is -2.46. The summed E-state index contributed by atoms with van der Waals surface area (Å²) in [5.41, 5.74) is -0.159. The molecule has 7 heteroatoms. The summed E-state index contributed by atoms with van der Waals surface area (Å²) in [5.74, 6) is -0.580. The zero-order chi connectivity index (χ0) is 14.4. The molecule has 0 unspecified atom stereocenters. The maximum absolute atomic E-state index is 11.4. The summed E-state index contributed by atoms with van der Waals surface area (Å²) in [6.45, 7) is 1.40. The molecule has 0 amide bonds. The SMILES string of the molecule is CCOC(=O)Cc1cc(CO)cc([N+](=O)[O-])c1C#N. The fourth-order valence-electron chi connectivity index (χ4n) is 1.62. The van der Waals surface area contributed by atoms with Crippen molar-refractivity contribution < 1.29 is 19.6 Å². The number of benzene rings is 1. The van der Waals surface area contributed by atoms with Gasteiger partial charge in [-0.15, -0.1) is 0 Å². The van der Waals surface area contributed by atoms with E-state index in [1.807, 2.05) is 0 Å². The molecule has 0 saturated heterocycles. The summed E-state index contributed by atoms with van der Waals surface area (Å²) < 4.78 is 4.74. The van der Waals surface area contributed by atoms with Crippen LogP contribution in [0.15, 0.2) is 12.1 Å². The quantitative estimate of drug-likeness (QED) is 0.483. The number of aliphatic hydroxyl groups excluding tert-OH is 1. The number of aliphatic hydroxyl groups is 1. The Balaban J connectivity index is 3.28.